The van der Waals surface area contributed by atoms with Crippen molar-refractivity contribution in [2.75, 3.05) is 0 Å². The number of hydrogen-bond acceptors (Lipinski definition) is 1. The Hall–Kier alpha value is -0.0400. The summed E-state index contributed by atoms with van der Waals surface area (Å²) in [6.07, 6.45) is 6.29. The van der Waals surface area contributed by atoms with E-state index in [9.17, 15) is 5.11 Å². The van der Waals surface area contributed by atoms with Crippen LogP contribution in [0.2, 0.25) is 0 Å². The number of rotatable bonds is 1. The van der Waals surface area contributed by atoms with Crippen LogP contribution in [0.4, 0.5) is 0 Å². The van der Waals surface area contributed by atoms with Crippen LogP contribution in [0, 0.1) is 5.41 Å². The van der Waals surface area contributed by atoms with Gasteiger partial charge in [-0.15, -0.1) is 0 Å². The Balaban J connectivity index is 0.000000561. The second kappa shape index (κ2) is 5.58. The minimum absolute atomic E-state index is 0.118. The SMILES string of the molecule is CC.CC(O)C1(C)CCCCC1. The van der Waals surface area contributed by atoms with Gasteiger partial charge < -0.3 is 5.11 Å². The Labute approximate surface area is 77.2 Å². The second-order valence-electron chi connectivity index (χ2n) is 3.89. The van der Waals surface area contributed by atoms with Gasteiger partial charge in [0.15, 0.2) is 0 Å². The predicted octanol–water partition coefficient (Wildman–Crippen LogP) is 3.36. The highest BCUT2D eigenvalue weighted by Gasteiger charge is 2.31. The van der Waals surface area contributed by atoms with Gasteiger partial charge in [0.25, 0.3) is 0 Å². The van der Waals surface area contributed by atoms with Crippen LogP contribution in [0.25, 0.3) is 0 Å². The van der Waals surface area contributed by atoms with Crippen molar-refractivity contribution in [2.24, 2.45) is 5.41 Å². The summed E-state index contributed by atoms with van der Waals surface area (Å²) in [7, 11) is 0. The first-order chi connectivity index (χ1) is 5.65. The van der Waals surface area contributed by atoms with Crippen molar-refractivity contribution < 1.29 is 5.11 Å². The lowest BCUT2D eigenvalue weighted by molar-refractivity contribution is 0.0235. The Morgan fingerprint density at radius 3 is 1.75 bits per heavy atom. The molecule has 0 heterocycles. The molecule has 1 saturated carbocycles. The Bertz CT molecular complexity index is 102. The molecule has 1 unspecified atom stereocenters. The molecular weight excluding hydrogens is 148 g/mol. The molecule has 12 heavy (non-hydrogen) atoms. The van der Waals surface area contributed by atoms with Crippen LogP contribution in [0.1, 0.15) is 59.8 Å². The Morgan fingerprint density at radius 2 is 1.50 bits per heavy atom. The largest absolute Gasteiger partial charge is 0.393 e. The van der Waals surface area contributed by atoms with Crippen molar-refractivity contribution in [3.8, 4) is 0 Å². The van der Waals surface area contributed by atoms with Crippen molar-refractivity contribution in [3.05, 3.63) is 0 Å². The topological polar surface area (TPSA) is 20.2 Å². The lowest BCUT2D eigenvalue weighted by atomic mass is 9.72. The average Bonchev–Trinajstić information content (AvgIpc) is 2.09. The summed E-state index contributed by atoms with van der Waals surface area (Å²) in [5.41, 5.74) is 0.234. The molecule has 1 N–H and O–H groups in total. The minimum atomic E-state index is -0.118. The standard InChI is InChI=1S/C9H18O.C2H6/c1-8(10)9(2)6-4-3-5-7-9;1-2/h8,10H,3-7H2,1-2H3;1-2H3. The van der Waals surface area contributed by atoms with Crippen LogP contribution in [0.5, 0.6) is 0 Å². The molecule has 0 radical (unpaired) electrons. The molecule has 0 bridgehead atoms. The summed E-state index contributed by atoms with van der Waals surface area (Å²) >= 11 is 0. The van der Waals surface area contributed by atoms with Gasteiger partial charge >= 0.3 is 0 Å². The van der Waals surface area contributed by atoms with Gasteiger partial charge in [-0.05, 0) is 25.2 Å². The summed E-state index contributed by atoms with van der Waals surface area (Å²) in [5, 5.41) is 9.44. The molecule has 1 heteroatoms. The van der Waals surface area contributed by atoms with E-state index in [-0.39, 0.29) is 11.5 Å². The highest BCUT2D eigenvalue weighted by Crippen LogP contribution is 2.38. The summed E-state index contributed by atoms with van der Waals surface area (Å²) in [4.78, 5) is 0. The van der Waals surface area contributed by atoms with E-state index < -0.39 is 0 Å². The van der Waals surface area contributed by atoms with Crippen molar-refractivity contribution in [2.45, 2.75) is 65.9 Å². The predicted molar refractivity (Wildman–Crippen MR) is 54.2 cm³/mol. The highest BCUT2D eigenvalue weighted by molar-refractivity contribution is 4.82. The molecule has 0 aromatic carbocycles. The molecule has 0 amide bonds. The molecule has 1 aliphatic carbocycles. The summed E-state index contributed by atoms with van der Waals surface area (Å²) in [6, 6.07) is 0. The van der Waals surface area contributed by atoms with Crippen LogP contribution in [-0.2, 0) is 0 Å². The maximum atomic E-state index is 9.44. The monoisotopic (exact) mass is 172 g/mol. The van der Waals surface area contributed by atoms with Gasteiger partial charge in [-0.2, -0.15) is 0 Å². The number of aliphatic hydroxyl groups is 1. The maximum Gasteiger partial charge on any atom is 0.0565 e. The number of aliphatic hydroxyl groups excluding tert-OH is 1. The molecular formula is C11H24O. The molecule has 0 aromatic heterocycles. The molecule has 1 fully saturated rings. The molecule has 0 saturated heterocycles. The first-order valence-electron chi connectivity index (χ1n) is 5.33. The zero-order valence-corrected chi connectivity index (χ0v) is 9.06. The van der Waals surface area contributed by atoms with Crippen molar-refractivity contribution in [3.63, 3.8) is 0 Å². The third-order valence-electron chi connectivity index (χ3n) is 3.00. The van der Waals surface area contributed by atoms with Gasteiger partial charge in [-0.3, -0.25) is 0 Å². The van der Waals surface area contributed by atoms with Crippen LogP contribution < -0.4 is 0 Å². The minimum Gasteiger partial charge on any atom is -0.393 e. The normalized spacial score (nSPS) is 23.8. The molecule has 74 valence electrons. The molecule has 0 spiro atoms. The van der Waals surface area contributed by atoms with Crippen LogP contribution in [-0.4, -0.2) is 11.2 Å². The van der Waals surface area contributed by atoms with E-state index in [1.807, 2.05) is 20.8 Å². The van der Waals surface area contributed by atoms with Gasteiger partial charge in [0.2, 0.25) is 0 Å². The van der Waals surface area contributed by atoms with E-state index in [0.29, 0.717) is 0 Å². The third-order valence-corrected chi connectivity index (χ3v) is 3.00. The van der Waals surface area contributed by atoms with Crippen molar-refractivity contribution in [1.82, 2.24) is 0 Å². The van der Waals surface area contributed by atoms with Gasteiger partial charge in [0.05, 0.1) is 6.10 Å². The van der Waals surface area contributed by atoms with Gasteiger partial charge in [0.1, 0.15) is 0 Å². The lowest BCUT2D eigenvalue weighted by Crippen LogP contribution is -2.31. The van der Waals surface area contributed by atoms with E-state index in [1.54, 1.807) is 0 Å². The molecule has 0 aliphatic heterocycles. The third kappa shape index (κ3) is 3.14. The fourth-order valence-corrected chi connectivity index (χ4v) is 1.78. The van der Waals surface area contributed by atoms with E-state index in [2.05, 4.69) is 6.92 Å². The Kier molecular flexibility index (Phi) is 5.56. The van der Waals surface area contributed by atoms with Gasteiger partial charge in [-0.1, -0.05) is 40.0 Å². The van der Waals surface area contributed by atoms with Crippen LogP contribution >= 0.6 is 0 Å². The van der Waals surface area contributed by atoms with Gasteiger partial charge in [0, 0.05) is 0 Å². The summed E-state index contributed by atoms with van der Waals surface area (Å²) < 4.78 is 0. The molecule has 0 aromatic rings. The molecule has 1 rings (SSSR count). The van der Waals surface area contributed by atoms with Gasteiger partial charge in [-0.25, -0.2) is 0 Å². The van der Waals surface area contributed by atoms with E-state index in [1.165, 1.54) is 32.1 Å². The first kappa shape index (κ1) is 12.0. The highest BCUT2D eigenvalue weighted by atomic mass is 16.3. The summed E-state index contributed by atoms with van der Waals surface area (Å²) in [6.45, 7) is 8.13. The average molecular weight is 172 g/mol. The maximum absolute atomic E-state index is 9.44. The lowest BCUT2D eigenvalue weighted by Gasteiger charge is -2.36. The molecule has 1 atom stereocenters. The first-order valence-corrected chi connectivity index (χ1v) is 5.33. The fourth-order valence-electron chi connectivity index (χ4n) is 1.78. The van der Waals surface area contributed by atoms with E-state index in [0.717, 1.165) is 0 Å². The Morgan fingerprint density at radius 1 is 1.08 bits per heavy atom. The smallest absolute Gasteiger partial charge is 0.0565 e. The summed E-state index contributed by atoms with van der Waals surface area (Å²) in [5.74, 6) is 0. The zero-order valence-electron chi connectivity index (χ0n) is 9.06. The van der Waals surface area contributed by atoms with Crippen LogP contribution in [0.3, 0.4) is 0 Å². The number of hydrogen-bond donors (Lipinski definition) is 1. The van der Waals surface area contributed by atoms with Crippen molar-refractivity contribution >= 4 is 0 Å². The van der Waals surface area contributed by atoms with E-state index in [4.69, 9.17) is 0 Å². The quantitative estimate of drug-likeness (QED) is 0.643. The molecule has 1 nitrogen and oxygen atoms in total. The zero-order chi connectivity index (χ0) is 9.61. The molecule has 1 aliphatic rings. The second-order valence-corrected chi connectivity index (χ2v) is 3.89. The van der Waals surface area contributed by atoms with Crippen LogP contribution in [0.15, 0.2) is 0 Å². The van der Waals surface area contributed by atoms with Crippen molar-refractivity contribution in [1.29, 1.82) is 0 Å². The fraction of sp³-hybridized carbons (Fsp3) is 1.00. The van der Waals surface area contributed by atoms with E-state index >= 15 is 0 Å².